The Morgan fingerprint density at radius 3 is 2.45 bits per heavy atom. The molecule has 0 aromatic heterocycles. The monoisotopic (exact) mass is 475 g/mol. The van der Waals surface area contributed by atoms with Gasteiger partial charge in [0.2, 0.25) is 21.8 Å². The number of anilines is 1. The Morgan fingerprint density at radius 2 is 1.82 bits per heavy atom. The Kier molecular flexibility index (Phi) is 7.80. The zero-order chi connectivity index (χ0) is 24.0. The number of ether oxygens (including phenoxy) is 2. The van der Waals surface area contributed by atoms with Crippen LogP contribution in [0.2, 0.25) is 0 Å². The predicted molar refractivity (Wildman–Crippen MR) is 125 cm³/mol. The van der Waals surface area contributed by atoms with E-state index in [1.54, 1.807) is 12.1 Å². The molecule has 1 heterocycles. The third kappa shape index (κ3) is 6.38. The number of rotatable bonds is 10. The Bertz CT molecular complexity index is 1120. The van der Waals surface area contributed by atoms with E-state index < -0.39 is 15.9 Å². The van der Waals surface area contributed by atoms with Gasteiger partial charge >= 0.3 is 0 Å². The molecule has 1 N–H and O–H groups in total. The van der Waals surface area contributed by atoms with Gasteiger partial charge in [-0.1, -0.05) is 24.3 Å². The van der Waals surface area contributed by atoms with Crippen molar-refractivity contribution in [3.05, 3.63) is 53.6 Å². The van der Waals surface area contributed by atoms with E-state index in [0.717, 1.165) is 34.7 Å². The van der Waals surface area contributed by atoms with E-state index in [2.05, 4.69) is 5.32 Å². The van der Waals surface area contributed by atoms with Crippen molar-refractivity contribution in [1.82, 2.24) is 10.2 Å². The SMILES string of the molecule is COc1ccc(N(CC(=O)NCc2cccc(CN3CCCC3=O)c2)S(C)(=O)=O)cc1OC. The summed E-state index contributed by atoms with van der Waals surface area (Å²) < 4.78 is 36.2. The Hall–Kier alpha value is -3.27. The molecule has 1 fully saturated rings. The van der Waals surface area contributed by atoms with E-state index in [1.807, 2.05) is 29.2 Å². The normalized spacial score (nSPS) is 13.7. The van der Waals surface area contributed by atoms with E-state index in [-0.39, 0.29) is 19.0 Å². The summed E-state index contributed by atoms with van der Waals surface area (Å²) in [5, 5.41) is 2.77. The molecule has 0 unspecified atom stereocenters. The van der Waals surface area contributed by atoms with Crippen molar-refractivity contribution in [2.24, 2.45) is 0 Å². The highest BCUT2D eigenvalue weighted by atomic mass is 32.2. The molecule has 2 aromatic carbocycles. The summed E-state index contributed by atoms with van der Waals surface area (Å²) in [6, 6.07) is 12.3. The second-order valence-electron chi connectivity index (χ2n) is 7.82. The summed E-state index contributed by atoms with van der Waals surface area (Å²) in [5.74, 6) is 0.520. The van der Waals surface area contributed by atoms with E-state index >= 15 is 0 Å². The van der Waals surface area contributed by atoms with Gasteiger partial charge in [0.15, 0.2) is 11.5 Å². The number of hydrogen-bond donors (Lipinski definition) is 1. The standard InChI is InChI=1S/C23H29N3O6S/c1-31-20-10-9-19(13-21(20)32-2)26(33(3,29)30)16-22(27)24-14-17-6-4-7-18(12-17)15-25-11-5-8-23(25)28/h4,6-7,9-10,12-13H,5,8,11,14-16H2,1-3H3,(H,24,27). The minimum atomic E-state index is -3.73. The molecule has 2 aromatic rings. The minimum Gasteiger partial charge on any atom is -0.493 e. The van der Waals surface area contributed by atoms with Crippen molar-refractivity contribution in [3.8, 4) is 11.5 Å². The lowest BCUT2D eigenvalue weighted by molar-refractivity contribution is -0.128. The van der Waals surface area contributed by atoms with E-state index in [9.17, 15) is 18.0 Å². The van der Waals surface area contributed by atoms with E-state index in [1.165, 1.54) is 20.3 Å². The molecule has 10 heteroatoms. The number of likely N-dealkylation sites (tertiary alicyclic amines) is 1. The van der Waals surface area contributed by atoms with Crippen LogP contribution >= 0.6 is 0 Å². The van der Waals surface area contributed by atoms with Crippen molar-refractivity contribution in [1.29, 1.82) is 0 Å². The van der Waals surface area contributed by atoms with Gasteiger partial charge in [0.25, 0.3) is 0 Å². The second kappa shape index (κ2) is 10.6. The Labute approximate surface area is 194 Å². The molecule has 0 radical (unpaired) electrons. The summed E-state index contributed by atoms with van der Waals surface area (Å²) >= 11 is 0. The molecule has 0 spiro atoms. The van der Waals surface area contributed by atoms with Crippen LogP contribution in [0.15, 0.2) is 42.5 Å². The Morgan fingerprint density at radius 1 is 1.09 bits per heavy atom. The van der Waals surface area contributed by atoms with Crippen molar-refractivity contribution in [2.75, 3.05) is 37.9 Å². The number of methoxy groups -OCH3 is 2. The highest BCUT2D eigenvalue weighted by molar-refractivity contribution is 7.92. The number of sulfonamides is 1. The van der Waals surface area contributed by atoms with Gasteiger partial charge in [-0.15, -0.1) is 0 Å². The van der Waals surface area contributed by atoms with Crippen LogP contribution < -0.4 is 19.1 Å². The van der Waals surface area contributed by atoms with Crippen LogP contribution in [0.25, 0.3) is 0 Å². The van der Waals surface area contributed by atoms with Crippen LogP contribution in [0, 0.1) is 0 Å². The van der Waals surface area contributed by atoms with Crippen molar-refractivity contribution in [3.63, 3.8) is 0 Å². The Balaban J connectivity index is 1.66. The molecule has 1 aliphatic rings. The number of amides is 2. The molecule has 33 heavy (non-hydrogen) atoms. The zero-order valence-electron chi connectivity index (χ0n) is 19.0. The number of hydrogen-bond acceptors (Lipinski definition) is 6. The van der Waals surface area contributed by atoms with Gasteiger partial charge in [0, 0.05) is 32.1 Å². The molecule has 1 saturated heterocycles. The van der Waals surface area contributed by atoms with Gasteiger partial charge in [-0.05, 0) is 29.7 Å². The molecule has 0 atom stereocenters. The smallest absolute Gasteiger partial charge is 0.241 e. The molecule has 9 nitrogen and oxygen atoms in total. The first-order chi connectivity index (χ1) is 15.7. The molecule has 1 aliphatic heterocycles. The third-order valence-electron chi connectivity index (χ3n) is 5.37. The number of nitrogens with one attached hydrogen (secondary N) is 1. The maximum absolute atomic E-state index is 12.6. The van der Waals surface area contributed by atoms with Gasteiger partial charge in [-0.3, -0.25) is 13.9 Å². The quantitative estimate of drug-likeness (QED) is 0.563. The number of carbonyl (C=O) groups is 2. The molecular weight excluding hydrogens is 446 g/mol. The van der Waals surface area contributed by atoms with E-state index in [4.69, 9.17) is 9.47 Å². The number of carbonyl (C=O) groups excluding carboxylic acids is 2. The zero-order valence-corrected chi connectivity index (χ0v) is 19.9. The fraction of sp³-hybridized carbons (Fsp3) is 0.391. The summed E-state index contributed by atoms with van der Waals surface area (Å²) in [6.07, 6.45) is 2.51. The molecule has 178 valence electrons. The largest absolute Gasteiger partial charge is 0.493 e. The summed E-state index contributed by atoms with van der Waals surface area (Å²) in [6.45, 7) is 1.17. The van der Waals surface area contributed by atoms with Crippen LogP contribution in [0.5, 0.6) is 11.5 Å². The van der Waals surface area contributed by atoms with Crippen molar-refractivity contribution >= 4 is 27.5 Å². The van der Waals surface area contributed by atoms with Crippen LogP contribution in [0.4, 0.5) is 5.69 Å². The maximum Gasteiger partial charge on any atom is 0.241 e. The second-order valence-corrected chi connectivity index (χ2v) is 9.73. The molecule has 0 bridgehead atoms. The predicted octanol–water partition coefficient (Wildman–Crippen LogP) is 1.91. The first kappa shape index (κ1) is 24.4. The fourth-order valence-corrected chi connectivity index (χ4v) is 4.54. The highest BCUT2D eigenvalue weighted by Gasteiger charge is 2.23. The van der Waals surface area contributed by atoms with Crippen LogP contribution in [-0.2, 0) is 32.7 Å². The lowest BCUT2D eigenvalue weighted by atomic mass is 10.1. The molecular formula is C23H29N3O6S. The van der Waals surface area contributed by atoms with Gasteiger partial charge in [-0.2, -0.15) is 0 Å². The first-order valence-corrected chi connectivity index (χ1v) is 12.4. The molecule has 2 amide bonds. The maximum atomic E-state index is 12.6. The van der Waals surface area contributed by atoms with Gasteiger partial charge in [0.1, 0.15) is 6.54 Å². The summed E-state index contributed by atoms with van der Waals surface area (Å²) in [4.78, 5) is 26.3. The third-order valence-corrected chi connectivity index (χ3v) is 6.51. The average molecular weight is 476 g/mol. The van der Waals surface area contributed by atoms with Crippen molar-refractivity contribution in [2.45, 2.75) is 25.9 Å². The summed E-state index contributed by atoms with van der Waals surface area (Å²) in [7, 11) is -0.793. The molecule has 0 aliphatic carbocycles. The lowest BCUT2D eigenvalue weighted by Crippen LogP contribution is -2.40. The first-order valence-electron chi connectivity index (χ1n) is 10.5. The molecule has 0 saturated carbocycles. The van der Waals surface area contributed by atoms with Gasteiger partial charge in [-0.25, -0.2) is 8.42 Å². The van der Waals surface area contributed by atoms with Crippen LogP contribution in [-0.4, -0.2) is 58.7 Å². The highest BCUT2D eigenvalue weighted by Crippen LogP contribution is 2.32. The average Bonchev–Trinajstić information content (AvgIpc) is 3.19. The molecule has 3 rings (SSSR count). The topological polar surface area (TPSA) is 105 Å². The van der Waals surface area contributed by atoms with Gasteiger partial charge in [0.05, 0.1) is 26.2 Å². The number of benzene rings is 2. The summed E-state index contributed by atoms with van der Waals surface area (Å²) in [5.41, 5.74) is 2.15. The minimum absolute atomic E-state index is 0.157. The van der Waals surface area contributed by atoms with Gasteiger partial charge < -0.3 is 19.7 Å². The van der Waals surface area contributed by atoms with Crippen molar-refractivity contribution < 1.29 is 27.5 Å². The lowest BCUT2D eigenvalue weighted by Gasteiger charge is -2.23. The van der Waals surface area contributed by atoms with E-state index in [0.29, 0.717) is 30.2 Å². The number of nitrogens with zero attached hydrogens (tertiary/aromatic N) is 2. The van der Waals surface area contributed by atoms with Crippen LogP contribution in [0.3, 0.4) is 0 Å². The fourth-order valence-electron chi connectivity index (χ4n) is 3.70. The van der Waals surface area contributed by atoms with Crippen LogP contribution in [0.1, 0.15) is 24.0 Å².